The molecule has 3 heterocycles. The summed E-state index contributed by atoms with van der Waals surface area (Å²) in [5, 5.41) is 3.94. The summed E-state index contributed by atoms with van der Waals surface area (Å²) in [7, 11) is -3.39. The van der Waals surface area contributed by atoms with Crippen LogP contribution in [0.4, 0.5) is 13.2 Å². The number of ether oxygens (including phenoxy) is 1. The van der Waals surface area contributed by atoms with E-state index in [1.807, 2.05) is 0 Å². The van der Waals surface area contributed by atoms with Gasteiger partial charge in [0, 0.05) is 48.6 Å². The molecule has 162 valence electrons. The van der Waals surface area contributed by atoms with E-state index < -0.39 is 39.6 Å². The molecule has 3 atom stereocenters. The highest BCUT2D eigenvalue weighted by atomic mass is 32.2. The van der Waals surface area contributed by atoms with E-state index in [1.54, 1.807) is 6.20 Å². The zero-order valence-corrected chi connectivity index (χ0v) is 16.8. The maximum absolute atomic E-state index is 14.1. The molecule has 1 saturated carbocycles. The van der Waals surface area contributed by atoms with E-state index in [4.69, 9.17) is 10.5 Å². The molecule has 3 aliphatic rings. The lowest BCUT2D eigenvalue weighted by Crippen LogP contribution is -2.47. The third kappa shape index (κ3) is 3.33. The minimum atomic E-state index is -3.39. The molecule has 2 aliphatic heterocycles. The van der Waals surface area contributed by atoms with E-state index in [0.717, 1.165) is 15.7 Å². The fourth-order valence-corrected chi connectivity index (χ4v) is 5.76. The predicted molar refractivity (Wildman–Crippen MR) is 100 cm³/mol. The molecule has 0 spiro atoms. The van der Waals surface area contributed by atoms with E-state index in [0.29, 0.717) is 44.1 Å². The second kappa shape index (κ2) is 7.04. The number of rotatable bonds is 4. The molecular weight excluding hydrogens is 421 g/mol. The van der Waals surface area contributed by atoms with Gasteiger partial charge in [-0.1, -0.05) is 0 Å². The lowest BCUT2D eigenvalue weighted by Gasteiger charge is -2.38. The fraction of sp³-hybridized carbons (Fsp3) is 0.526. The van der Waals surface area contributed by atoms with Crippen molar-refractivity contribution in [3.8, 4) is 0 Å². The minimum absolute atomic E-state index is 0.0766. The Morgan fingerprint density at radius 3 is 2.50 bits per heavy atom. The summed E-state index contributed by atoms with van der Waals surface area (Å²) in [5.74, 6) is -3.29. The van der Waals surface area contributed by atoms with Crippen LogP contribution in [0, 0.1) is 17.5 Å². The molecule has 1 aromatic carbocycles. The standard InChI is InChI=1S/C19H21F3N4O3S/c20-14-5-16(22)15(21)4-13(14)19-17(23)3-11(9-29-19)25-6-10-7-26(24-18(10)8-25)30(27,28)12-1-2-12/h4-5,7,11-12,17,19H,1-3,6,8-9,23H2/t11-,17+,19-/m1/s1. The number of nitrogens with zero attached hydrogens (tertiary/aromatic N) is 3. The second-order valence-corrected chi connectivity index (χ2v) is 10.3. The molecule has 0 unspecified atom stereocenters. The summed E-state index contributed by atoms with van der Waals surface area (Å²) >= 11 is 0. The predicted octanol–water partition coefficient (Wildman–Crippen LogP) is 1.81. The van der Waals surface area contributed by atoms with Gasteiger partial charge in [-0.15, -0.1) is 0 Å². The number of halogens is 3. The molecule has 1 saturated heterocycles. The Morgan fingerprint density at radius 2 is 1.83 bits per heavy atom. The summed E-state index contributed by atoms with van der Waals surface area (Å²) < 4.78 is 72.4. The molecule has 2 aromatic rings. The van der Waals surface area contributed by atoms with Crippen LogP contribution in [0.5, 0.6) is 0 Å². The third-order valence-corrected chi connectivity index (χ3v) is 8.08. The molecule has 1 aliphatic carbocycles. The van der Waals surface area contributed by atoms with Gasteiger partial charge in [-0.2, -0.15) is 9.19 Å². The number of hydrogen-bond acceptors (Lipinski definition) is 6. The van der Waals surface area contributed by atoms with Gasteiger partial charge in [0.1, 0.15) is 11.9 Å². The maximum Gasteiger partial charge on any atom is 0.256 e. The van der Waals surface area contributed by atoms with E-state index >= 15 is 0 Å². The number of hydrogen-bond donors (Lipinski definition) is 1. The normalized spacial score (nSPS) is 27.4. The van der Waals surface area contributed by atoms with Gasteiger partial charge in [-0.05, 0) is 25.3 Å². The van der Waals surface area contributed by atoms with E-state index in [2.05, 4.69) is 10.00 Å². The van der Waals surface area contributed by atoms with Crippen LogP contribution < -0.4 is 5.73 Å². The van der Waals surface area contributed by atoms with Crippen molar-refractivity contribution >= 4 is 10.0 Å². The van der Waals surface area contributed by atoms with Crippen molar-refractivity contribution in [2.75, 3.05) is 6.61 Å². The van der Waals surface area contributed by atoms with Crippen molar-refractivity contribution in [1.29, 1.82) is 0 Å². The Morgan fingerprint density at radius 1 is 1.10 bits per heavy atom. The summed E-state index contributed by atoms with van der Waals surface area (Å²) in [6.45, 7) is 1.22. The van der Waals surface area contributed by atoms with Crippen LogP contribution >= 0.6 is 0 Å². The lowest BCUT2D eigenvalue weighted by molar-refractivity contribution is -0.0533. The van der Waals surface area contributed by atoms with Crippen LogP contribution in [0.15, 0.2) is 18.3 Å². The zero-order valence-electron chi connectivity index (χ0n) is 16.0. The van der Waals surface area contributed by atoms with Gasteiger partial charge >= 0.3 is 0 Å². The molecule has 0 radical (unpaired) electrons. The first-order chi connectivity index (χ1) is 14.2. The Balaban J connectivity index is 1.26. The second-order valence-electron chi connectivity index (χ2n) is 8.22. The fourth-order valence-electron chi connectivity index (χ4n) is 4.23. The first kappa shape index (κ1) is 20.0. The Hall–Kier alpha value is -1.95. The van der Waals surface area contributed by atoms with Crippen molar-refractivity contribution in [3.63, 3.8) is 0 Å². The van der Waals surface area contributed by atoms with Gasteiger partial charge in [-0.3, -0.25) is 4.90 Å². The van der Waals surface area contributed by atoms with Crippen molar-refractivity contribution in [3.05, 3.63) is 52.6 Å². The lowest BCUT2D eigenvalue weighted by atomic mass is 9.93. The van der Waals surface area contributed by atoms with Gasteiger partial charge in [0.2, 0.25) is 0 Å². The molecule has 1 aromatic heterocycles. The van der Waals surface area contributed by atoms with Crippen LogP contribution in [0.2, 0.25) is 0 Å². The van der Waals surface area contributed by atoms with E-state index in [-0.39, 0.29) is 23.5 Å². The Bertz CT molecular complexity index is 1080. The van der Waals surface area contributed by atoms with Crippen molar-refractivity contribution in [2.45, 2.75) is 55.8 Å². The topological polar surface area (TPSA) is 90.5 Å². The summed E-state index contributed by atoms with van der Waals surface area (Å²) in [4.78, 5) is 2.09. The van der Waals surface area contributed by atoms with E-state index in [9.17, 15) is 21.6 Å². The summed E-state index contributed by atoms with van der Waals surface area (Å²) in [6.07, 6.45) is 2.53. The number of nitrogens with two attached hydrogens (primary N) is 1. The van der Waals surface area contributed by atoms with Crippen LogP contribution in [0.25, 0.3) is 0 Å². The van der Waals surface area contributed by atoms with Gasteiger partial charge in [0.25, 0.3) is 10.0 Å². The van der Waals surface area contributed by atoms with Crippen molar-refractivity contribution < 1.29 is 26.3 Å². The molecule has 11 heteroatoms. The average molecular weight is 442 g/mol. The quantitative estimate of drug-likeness (QED) is 0.727. The average Bonchev–Trinajstić information content (AvgIpc) is 3.36. The van der Waals surface area contributed by atoms with Gasteiger partial charge in [-0.25, -0.2) is 21.6 Å². The summed E-state index contributed by atoms with van der Waals surface area (Å²) in [5.41, 5.74) is 7.66. The molecule has 2 fully saturated rings. The van der Waals surface area contributed by atoms with Gasteiger partial charge < -0.3 is 10.5 Å². The van der Waals surface area contributed by atoms with Crippen molar-refractivity contribution in [2.24, 2.45) is 5.73 Å². The molecule has 0 amide bonds. The SMILES string of the molecule is N[C@H]1C[C@@H](N2Cc3cn(S(=O)(=O)C4CC4)nc3C2)CO[C@@H]1c1cc(F)c(F)cc1F. The molecular formula is C19H21F3N4O3S. The third-order valence-electron chi connectivity index (χ3n) is 6.05. The minimum Gasteiger partial charge on any atom is -0.370 e. The largest absolute Gasteiger partial charge is 0.370 e. The van der Waals surface area contributed by atoms with Gasteiger partial charge in [0.15, 0.2) is 11.6 Å². The summed E-state index contributed by atoms with van der Waals surface area (Å²) in [6, 6.07) is 0.614. The highest BCUT2D eigenvalue weighted by Gasteiger charge is 2.40. The van der Waals surface area contributed by atoms with Crippen LogP contribution in [-0.2, 0) is 27.8 Å². The maximum atomic E-state index is 14.1. The van der Waals surface area contributed by atoms with Crippen molar-refractivity contribution in [1.82, 2.24) is 14.1 Å². The van der Waals surface area contributed by atoms with Crippen LogP contribution in [0.3, 0.4) is 0 Å². The van der Waals surface area contributed by atoms with E-state index in [1.165, 1.54) is 0 Å². The zero-order chi connectivity index (χ0) is 21.2. The number of aromatic nitrogens is 2. The van der Waals surface area contributed by atoms with Crippen LogP contribution in [-0.4, -0.2) is 46.4 Å². The molecule has 7 nitrogen and oxygen atoms in total. The number of benzene rings is 1. The Kier molecular flexibility index (Phi) is 4.69. The van der Waals surface area contributed by atoms with Crippen LogP contribution in [0.1, 0.15) is 42.2 Å². The first-order valence-electron chi connectivity index (χ1n) is 9.81. The van der Waals surface area contributed by atoms with Gasteiger partial charge in [0.05, 0.1) is 17.6 Å². The first-order valence-corrected chi connectivity index (χ1v) is 11.3. The number of fused-ring (bicyclic) bond motifs is 1. The molecule has 5 rings (SSSR count). The monoisotopic (exact) mass is 442 g/mol. The highest BCUT2D eigenvalue weighted by Crippen LogP contribution is 2.35. The molecule has 2 N–H and O–H groups in total. The smallest absolute Gasteiger partial charge is 0.256 e. The molecule has 30 heavy (non-hydrogen) atoms. The Labute approximate surface area is 171 Å². The highest BCUT2D eigenvalue weighted by molar-refractivity contribution is 7.90. The molecule has 0 bridgehead atoms.